The van der Waals surface area contributed by atoms with Crippen LogP contribution in [0.4, 0.5) is 14.5 Å². The van der Waals surface area contributed by atoms with E-state index in [1.165, 1.54) is 4.90 Å². The number of nitrogens with zero attached hydrogens (tertiary/aromatic N) is 2. The Labute approximate surface area is 226 Å². The number of rotatable bonds is 12. The molecule has 2 aromatic rings. The quantitative estimate of drug-likeness (QED) is 0.378. The Morgan fingerprint density at radius 3 is 2.27 bits per heavy atom. The van der Waals surface area contributed by atoms with Crippen LogP contribution in [0.1, 0.15) is 45.6 Å². The van der Waals surface area contributed by atoms with Gasteiger partial charge in [0.2, 0.25) is 21.8 Å². The molecule has 0 aliphatic carbocycles. The molecule has 2 rings (SSSR count). The summed E-state index contributed by atoms with van der Waals surface area (Å²) in [5, 5.41) is 3.59. The minimum absolute atomic E-state index is 0.0395. The number of carbonyl (C=O) groups excluding carboxylic acids is 2. The Kier molecular flexibility index (Phi) is 11.1. The first-order valence-corrected chi connectivity index (χ1v) is 14.3. The second-order valence-electron chi connectivity index (χ2n) is 8.88. The minimum atomic E-state index is -3.85. The Hall–Kier alpha value is -2.43. The van der Waals surface area contributed by atoms with Crippen LogP contribution in [-0.2, 0) is 26.2 Å². The van der Waals surface area contributed by atoms with Crippen molar-refractivity contribution in [2.75, 3.05) is 17.1 Å². The van der Waals surface area contributed by atoms with Gasteiger partial charge in [-0.05, 0) is 56.5 Å². The van der Waals surface area contributed by atoms with Crippen LogP contribution in [0.15, 0.2) is 36.4 Å². The van der Waals surface area contributed by atoms with E-state index in [-0.39, 0.29) is 43.6 Å². The molecule has 12 heteroatoms. The summed E-state index contributed by atoms with van der Waals surface area (Å²) in [5.41, 5.74) is 0.538. The molecule has 2 aromatic carbocycles. The number of nitrogens with one attached hydrogen (secondary N) is 1. The molecule has 1 atom stereocenters. The number of anilines is 1. The molecule has 0 aromatic heterocycles. The highest BCUT2D eigenvalue weighted by Crippen LogP contribution is 2.25. The van der Waals surface area contributed by atoms with Gasteiger partial charge in [-0.25, -0.2) is 17.2 Å². The number of hydrogen-bond acceptors (Lipinski definition) is 4. The zero-order valence-corrected chi connectivity index (χ0v) is 23.4. The Morgan fingerprint density at radius 1 is 1.05 bits per heavy atom. The summed E-state index contributed by atoms with van der Waals surface area (Å²) in [6.45, 7) is 5.29. The van der Waals surface area contributed by atoms with Gasteiger partial charge in [0.05, 0.1) is 11.9 Å². The number of carbonyl (C=O) groups is 2. The van der Waals surface area contributed by atoms with E-state index in [0.29, 0.717) is 22.0 Å². The van der Waals surface area contributed by atoms with Crippen molar-refractivity contribution in [3.63, 3.8) is 0 Å². The maximum atomic E-state index is 13.7. The van der Waals surface area contributed by atoms with E-state index in [4.69, 9.17) is 23.2 Å². The van der Waals surface area contributed by atoms with Crippen LogP contribution in [0.2, 0.25) is 10.0 Å². The summed E-state index contributed by atoms with van der Waals surface area (Å²) in [6.07, 6.45) is 1.23. The van der Waals surface area contributed by atoms with Gasteiger partial charge < -0.3 is 10.2 Å². The lowest BCUT2D eigenvalue weighted by Gasteiger charge is -2.32. The first-order chi connectivity index (χ1) is 17.2. The summed E-state index contributed by atoms with van der Waals surface area (Å²) >= 11 is 12.3. The van der Waals surface area contributed by atoms with Crippen LogP contribution >= 0.6 is 23.2 Å². The van der Waals surface area contributed by atoms with E-state index < -0.39 is 33.6 Å². The molecule has 7 nitrogen and oxygen atoms in total. The third-order valence-electron chi connectivity index (χ3n) is 5.52. The molecule has 0 heterocycles. The fourth-order valence-electron chi connectivity index (χ4n) is 3.78. The van der Waals surface area contributed by atoms with Gasteiger partial charge in [0, 0.05) is 41.7 Å². The van der Waals surface area contributed by atoms with Gasteiger partial charge in [-0.2, -0.15) is 0 Å². The first kappa shape index (κ1) is 30.8. The molecule has 37 heavy (non-hydrogen) atoms. The molecule has 1 N–H and O–H groups in total. The van der Waals surface area contributed by atoms with E-state index in [9.17, 15) is 26.8 Å². The number of halogens is 4. The van der Waals surface area contributed by atoms with E-state index in [1.807, 2.05) is 13.8 Å². The van der Waals surface area contributed by atoms with Crippen molar-refractivity contribution in [1.29, 1.82) is 0 Å². The zero-order chi connectivity index (χ0) is 27.9. The van der Waals surface area contributed by atoms with E-state index in [2.05, 4.69) is 5.32 Å². The molecule has 0 spiro atoms. The highest BCUT2D eigenvalue weighted by atomic mass is 35.5. The highest BCUT2D eigenvalue weighted by molar-refractivity contribution is 7.92. The molecule has 1 unspecified atom stereocenters. The topological polar surface area (TPSA) is 86.8 Å². The van der Waals surface area contributed by atoms with Crippen molar-refractivity contribution in [2.45, 2.75) is 58.7 Å². The van der Waals surface area contributed by atoms with Crippen LogP contribution in [0.5, 0.6) is 0 Å². The lowest BCUT2D eigenvalue weighted by molar-refractivity contribution is -0.141. The highest BCUT2D eigenvalue weighted by Gasteiger charge is 2.29. The maximum Gasteiger partial charge on any atom is 0.243 e. The van der Waals surface area contributed by atoms with Gasteiger partial charge in [0.25, 0.3) is 0 Å². The molecule has 0 fully saturated rings. The van der Waals surface area contributed by atoms with Crippen molar-refractivity contribution in [3.8, 4) is 0 Å². The van der Waals surface area contributed by atoms with Crippen molar-refractivity contribution < 1.29 is 26.8 Å². The minimum Gasteiger partial charge on any atom is -0.352 e. The summed E-state index contributed by atoms with van der Waals surface area (Å²) in [4.78, 5) is 27.7. The van der Waals surface area contributed by atoms with Gasteiger partial charge >= 0.3 is 0 Å². The van der Waals surface area contributed by atoms with Crippen molar-refractivity contribution >= 4 is 50.7 Å². The Balaban J connectivity index is 2.27. The summed E-state index contributed by atoms with van der Waals surface area (Å²) in [6, 6.07) is 6.69. The number of sulfonamides is 1. The van der Waals surface area contributed by atoms with E-state index >= 15 is 0 Å². The van der Waals surface area contributed by atoms with Crippen LogP contribution in [0.25, 0.3) is 0 Å². The summed E-state index contributed by atoms with van der Waals surface area (Å²) < 4.78 is 52.6. The molecule has 0 bridgehead atoms. The number of hydrogen-bond donors (Lipinski definition) is 1. The fourth-order valence-corrected chi connectivity index (χ4v) is 5.20. The van der Waals surface area contributed by atoms with Gasteiger partial charge in [0.15, 0.2) is 11.6 Å². The predicted molar refractivity (Wildman–Crippen MR) is 142 cm³/mol. The average molecular weight is 579 g/mol. The SMILES string of the molecule is CCC(C(=O)NC(C)C)N(Cc1ccc(Cl)cc1Cl)C(=O)CCCN(c1ccc(F)c(F)c1)S(C)(=O)=O. The third-order valence-corrected chi connectivity index (χ3v) is 7.30. The first-order valence-electron chi connectivity index (χ1n) is 11.7. The summed E-state index contributed by atoms with van der Waals surface area (Å²) in [5.74, 6) is -3.00. The van der Waals surface area contributed by atoms with Crippen LogP contribution in [-0.4, -0.2) is 50.0 Å². The summed E-state index contributed by atoms with van der Waals surface area (Å²) in [7, 11) is -3.85. The van der Waals surface area contributed by atoms with E-state index in [1.54, 1.807) is 25.1 Å². The predicted octanol–water partition coefficient (Wildman–Crippen LogP) is 5.15. The second-order valence-corrected chi connectivity index (χ2v) is 11.6. The van der Waals surface area contributed by atoms with Crippen LogP contribution < -0.4 is 9.62 Å². The van der Waals surface area contributed by atoms with Gasteiger partial charge in [-0.15, -0.1) is 0 Å². The fraction of sp³-hybridized carbons (Fsp3) is 0.440. The Bertz CT molecular complexity index is 1230. The van der Waals surface area contributed by atoms with Crippen molar-refractivity contribution in [2.24, 2.45) is 0 Å². The molecular weight excluding hydrogens is 547 g/mol. The largest absolute Gasteiger partial charge is 0.352 e. The van der Waals surface area contributed by atoms with Crippen molar-refractivity contribution in [1.82, 2.24) is 10.2 Å². The normalized spacial score (nSPS) is 12.4. The molecule has 0 radical (unpaired) electrons. The maximum absolute atomic E-state index is 13.7. The monoisotopic (exact) mass is 577 g/mol. The second kappa shape index (κ2) is 13.4. The zero-order valence-electron chi connectivity index (χ0n) is 21.1. The molecule has 0 aliphatic heterocycles. The molecule has 0 saturated carbocycles. The smallest absolute Gasteiger partial charge is 0.243 e. The van der Waals surface area contributed by atoms with E-state index in [0.717, 1.165) is 28.8 Å². The number of amides is 2. The lowest BCUT2D eigenvalue weighted by atomic mass is 10.1. The molecular formula is C25H31Cl2F2N3O4S. The number of benzene rings is 2. The van der Waals surface area contributed by atoms with Crippen LogP contribution in [0.3, 0.4) is 0 Å². The molecule has 204 valence electrons. The standard InChI is InChI=1S/C25H31Cl2F2N3O4S/c1-5-23(25(34)30-16(2)3)31(15-17-8-9-18(26)13-20(17)27)24(33)7-6-12-32(37(4,35)36)19-10-11-21(28)22(29)14-19/h8-11,13-14,16,23H,5-7,12,15H2,1-4H3,(H,30,34). The molecule has 2 amide bonds. The Morgan fingerprint density at radius 2 is 1.73 bits per heavy atom. The van der Waals surface area contributed by atoms with Crippen LogP contribution in [0, 0.1) is 11.6 Å². The lowest BCUT2D eigenvalue weighted by Crippen LogP contribution is -2.50. The average Bonchev–Trinajstić information content (AvgIpc) is 2.78. The van der Waals surface area contributed by atoms with Gasteiger partial charge in [-0.3, -0.25) is 13.9 Å². The van der Waals surface area contributed by atoms with Gasteiger partial charge in [-0.1, -0.05) is 36.2 Å². The molecule has 0 aliphatic rings. The van der Waals surface area contributed by atoms with Gasteiger partial charge in [0.1, 0.15) is 6.04 Å². The molecule has 0 saturated heterocycles. The third kappa shape index (κ3) is 8.83. The van der Waals surface area contributed by atoms with Crippen molar-refractivity contribution in [3.05, 3.63) is 63.6 Å².